The van der Waals surface area contributed by atoms with E-state index in [1.165, 1.54) is 16.4 Å². The number of carbonyl (C=O) groups excluding carboxylic acids is 1. The van der Waals surface area contributed by atoms with E-state index >= 15 is 0 Å². The van der Waals surface area contributed by atoms with Gasteiger partial charge in [0.25, 0.3) is 0 Å². The van der Waals surface area contributed by atoms with Gasteiger partial charge in [-0.15, -0.1) is 0 Å². The molecule has 158 valence electrons. The van der Waals surface area contributed by atoms with Crippen LogP contribution in [0.4, 0.5) is 5.69 Å². The predicted molar refractivity (Wildman–Crippen MR) is 113 cm³/mol. The summed E-state index contributed by atoms with van der Waals surface area (Å²) in [5.74, 6) is 0.321. The first-order chi connectivity index (χ1) is 13.9. The Balaban J connectivity index is 1.88. The summed E-state index contributed by atoms with van der Waals surface area (Å²) >= 11 is 6.09. The molecule has 0 aromatic heterocycles. The third kappa shape index (κ3) is 6.71. The number of carbonyl (C=O) groups is 1. The normalized spacial score (nSPS) is 11.4. The zero-order chi connectivity index (χ0) is 21.3. The minimum Gasteiger partial charge on any atom is -0.491 e. The maximum Gasteiger partial charge on any atom is 0.250 e. The van der Waals surface area contributed by atoms with Crippen molar-refractivity contribution in [3.63, 3.8) is 0 Å². The van der Waals surface area contributed by atoms with Crippen molar-refractivity contribution in [1.29, 1.82) is 0 Å². The number of amides is 1. The Kier molecular flexibility index (Phi) is 8.91. The number of nitrogens with zero attached hydrogens (tertiary/aromatic N) is 1. The fourth-order valence-corrected chi connectivity index (χ4v) is 4.54. The van der Waals surface area contributed by atoms with Crippen LogP contribution in [0.25, 0.3) is 0 Å². The molecule has 0 heterocycles. The van der Waals surface area contributed by atoms with Crippen LogP contribution in [0, 0.1) is 0 Å². The molecule has 9 heteroatoms. The van der Waals surface area contributed by atoms with Crippen LogP contribution >= 0.6 is 11.6 Å². The van der Waals surface area contributed by atoms with E-state index in [0.29, 0.717) is 25.4 Å². The van der Waals surface area contributed by atoms with Crippen LogP contribution in [0.3, 0.4) is 0 Å². The zero-order valence-electron chi connectivity index (χ0n) is 16.4. The number of para-hydroxylation sites is 1. The summed E-state index contributed by atoms with van der Waals surface area (Å²) in [5.41, 5.74) is 0.328. The monoisotopic (exact) mass is 440 g/mol. The summed E-state index contributed by atoms with van der Waals surface area (Å²) in [6, 6.07) is 13.6. The summed E-state index contributed by atoms with van der Waals surface area (Å²) in [4.78, 5) is 12.0. The smallest absolute Gasteiger partial charge is 0.250 e. The van der Waals surface area contributed by atoms with E-state index in [0.717, 1.165) is 5.75 Å². The minimum absolute atomic E-state index is 0.0437. The highest BCUT2D eigenvalue weighted by Gasteiger charge is 2.24. The van der Waals surface area contributed by atoms with Gasteiger partial charge in [0.05, 0.1) is 11.6 Å². The molecular formula is C20H25ClN2O5S. The van der Waals surface area contributed by atoms with Gasteiger partial charge in [-0.25, -0.2) is 8.42 Å². The Hall–Kier alpha value is -2.13. The number of nitrogens with one attached hydrogen (secondary N) is 1. The summed E-state index contributed by atoms with van der Waals surface area (Å²) in [6.45, 7) is 4.52. The first kappa shape index (κ1) is 23.2. The molecule has 0 aliphatic rings. The first-order valence-corrected chi connectivity index (χ1v) is 11.1. The molecular weight excluding hydrogens is 416 g/mol. The van der Waals surface area contributed by atoms with Crippen molar-refractivity contribution in [2.45, 2.75) is 18.7 Å². The molecule has 0 unspecified atom stereocenters. The van der Waals surface area contributed by atoms with Crippen LogP contribution in [-0.2, 0) is 19.6 Å². The molecule has 1 amide bonds. The van der Waals surface area contributed by atoms with Crippen molar-refractivity contribution in [3.05, 3.63) is 53.6 Å². The fourth-order valence-electron chi connectivity index (χ4n) is 2.58. The third-order valence-electron chi connectivity index (χ3n) is 4.01. The summed E-state index contributed by atoms with van der Waals surface area (Å²) in [5, 5.41) is 2.72. The molecule has 7 nitrogen and oxygen atoms in total. The molecule has 0 atom stereocenters. The van der Waals surface area contributed by atoms with Crippen LogP contribution in [0.5, 0.6) is 5.75 Å². The summed E-state index contributed by atoms with van der Waals surface area (Å²) in [6.07, 6.45) is 0. The van der Waals surface area contributed by atoms with Crippen molar-refractivity contribution in [2.75, 3.05) is 38.2 Å². The standard InChI is InChI=1S/C20H25ClN2O5S/c1-3-23(4-2)29(25,26)19-14-16(10-11-18(19)21)22-20(24)15-27-12-13-28-17-8-6-5-7-9-17/h5-11,14H,3-4,12-13,15H2,1-2H3,(H,22,24). The highest BCUT2D eigenvalue weighted by atomic mass is 35.5. The van der Waals surface area contributed by atoms with Gasteiger partial charge >= 0.3 is 0 Å². The SMILES string of the molecule is CCN(CC)S(=O)(=O)c1cc(NC(=O)COCCOc2ccccc2)ccc1Cl. The van der Waals surface area contributed by atoms with Gasteiger partial charge in [0, 0.05) is 18.8 Å². The lowest BCUT2D eigenvalue weighted by molar-refractivity contribution is -0.120. The van der Waals surface area contributed by atoms with Crippen LogP contribution in [0.15, 0.2) is 53.4 Å². The predicted octanol–water partition coefficient (Wildman–Crippen LogP) is 3.40. The van der Waals surface area contributed by atoms with Crippen LogP contribution < -0.4 is 10.1 Å². The highest BCUT2D eigenvalue weighted by molar-refractivity contribution is 7.89. The molecule has 0 spiro atoms. The van der Waals surface area contributed by atoms with Gasteiger partial charge in [-0.05, 0) is 30.3 Å². The summed E-state index contributed by atoms with van der Waals surface area (Å²) < 4.78 is 37.5. The maximum atomic E-state index is 12.7. The Bertz CT molecular complexity index is 902. The van der Waals surface area contributed by atoms with Crippen LogP contribution in [0.2, 0.25) is 5.02 Å². The van der Waals surface area contributed by atoms with Gasteiger partial charge in [-0.2, -0.15) is 4.31 Å². The number of benzene rings is 2. The minimum atomic E-state index is -3.74. The van der Waals surface area contributed by atoms with E-state index in [1.807, 2.05) is 30.3 Å². The number of anilines is 1. The first-order valence-electron chi connectivity index (χ1n) is 9.23. The second-order valence-corrected chi connectivity index (χ2v) is 8.31. The second-order valence-electron chi connectivity index (χ2n) is 6.00. The molecule has 0 bridgehead atoms. The second kappa shape index (κ2) is 11.2. The van der Waals surface area contributed by atoms with Gasteiger partial charge in [0.15, 0.2) is 0 Å². The number of hydrogen-bond acceptors (Lipinski definition) is 5. The average molecular weight is 441 g/mol. The lowest BCUT2D eigenvalue weighted by atomic mass is 10.3. The van der Waals surface area contributed by atoms with Gasteiger partial charge in [-0.1, -0.05) is 43.6 Å². The Labute approximate surface area is 176 Å². The molecule has 0 saturated heterocycles. The van der Waals surface area contributed by atoms with E-state index in [1.54, 1.807) is 19.9 Å². The van der Waals surface area contributed by atoms with Crippen molar-refractivity contribution in [3.8, 4) is 5.75 Å². The van der Waals surface area contributed by atoms with Gasteiger partial charge in [0.1, 0.15) is 23.9 Å². The number of hydrogen-bond donors (Lipinski definition) is 1. The molecule has 0 saturated carbocycles. The van der Waals surface area contributed by atoms with E-state index in [9.17, 15) is 13.2 Å². The Morgan fingerprint density at radius 2 is 1.76 bits per heavy atom. The molecule has 1 N–H and O–H groups in total. The third-order valence-corrected chi connectivity index (χ3v) is 6.54. The molecule has 0 aliphatic heterocycles. The number of sulfonamides is 1. The fraction of sp³-hybridized carbons (Fsp3) is 0.350. The largest absolute Gasteiger partial charge is 0.491 e. The molecule has 0 aliphatic carbocycles. The van der Waals surface area contributed by atoms with Crippen molar-refractivity contribution in [1.82, 2.24) is 4.31 Å². The molecule has 0 fully saturated rings. The molecule has 0 radical (unpaired) electrons. The summed E-state index contributed by atoms with van der Waals surface area (Å²) in [7, 11) is -3.74. The lowest BCUT2D eigenvalue weighted by Crippen LogP contribution is -2.31. The number of rotatable bonds is 11. The maximum absolute atomic E-state index is 12.7. The van der Waals surface area contributed by atoms with Gasteiger partial charge in [-0.3, -0.25) is 4.79 Å². The van der Waals surface area contributed by atoms with E-state index in [2.05, 4.69) is 5.32 Å². The van der Waals surface area contributed by atoms with Gasteiger partial charge in [0.2, 0.25) is 15.9 Å². The Morgan fingerprint density at radius 1 is 1.07 bits per heavy atom. The number of ether oxygens (including phenoxy) is 2. The molecule has 2 aromatic rings. The average Bonchev–Trinajstić information content (AvgIpc) is 2.70. The number of halogens is 1. The van der Waals surface area contributed by atoms with Crippen LogP contribution in [0.1, 0.15) is 13.8 Å². The van der Waals surface area contributed by atoms with Crippen LogP contribution in [-0.4, -0.2) is 51.5 Å². The van der Waals surface area contributed by atoms with E-state index < -0.39 is 15.9 Å². The quantitative estimate of drug-likeness (QED) is 0.541. The molecule has 2 aromatic carbocycles. The van der Waals surface area contributed by atoms with Gasteiger partial charge < -0.3 is 14.8 Å². The van der Waals surface area contributed by atoms with E-state index in [-0.39, 0.29) is 23.1 Å². The van der Waals surface area contributed by atoms with Crippen molar-refractivity contribution >= 4 is 33.2 Å². The Morgan fingerprint density at radius 3 is 2.41 bits per heavy atom. The van der Waals surface area contributed by atoms with Crippen molar-refractivity contribution in [2.24, 2.45) is 0 Å². The molecule has 2 rings (SSSR count). The lowest BCUT2D eigenvalue weighted by Gasteiger charge is -2.19. The highest BCUT2D eigenvalue weighted by Crippen LogP contribution is 2.27. The topological polar surface area (TPSA) is 84.9 Å². The molecule has 29 heavy (non-hydrogen) atoms. The van der Waals surface area contributed by atoms with E-state index in [4.69, 9.17) is 21.1 Å². The van der Waals surface area contributed by atoms with Crippen molar-refractivity contribution < 1.29 is 22.7 Å². The zero-order valence-corrected chi connectivity index (χ0v) is 18.0.